The Morgan fingerprint density at radius 3 is 2.57 bits per heavy atom. The molecule has 0 saturated carbocycles. The largest absolute Gasteiger partial charge is 0.416 e. The summed E-state index contributed by atoms with van der Waals surface area (Å²) in [5.41, 5.74) is -0.0646. The van der Waals surface area contributed by atoms with Crippen molar-refractivity contribution < 1.29 is 26.1 Å². The summed E-state index contributed by atoms with van der Waals surface area (Å²) in [7, 11) is -3.78. The molecule has 0 spiro atoms. The Morgan fingerprint density at radius 1 is 1.30 bits per heavy atom. The molecule has 5 nitrogen and oxygen atoms in total. The number of aryl methyl sites for hydroxylation is 1. The summed E-state index contributed by atoms with van der Waals surface area (Å²) < 4.78 is 69.4. The molecule has 1 aromatic heterocycles. The van der Waals surface area contributed by atoms with Gasteiger partial charge in [0.2, 0.25) is 10.0 Å². The van der Waals surface area contributed by atoms with Gasteiger partial charge in [0.1, 0.15) is 5.75 Å². The van der Waals surface area contributed by atoms with Gasteiger partial charge in [0.15, 0.2) is 5.76 Å². The van der Waals surface area contributed by atoms with E-state index in [2.05, 4.69) is 9.88 Å². The van der Waals surface area contributed by atoms with E-state index >= 15 is 0 Å². The van der Waals surface area contributed by atoms with Crippen molar-refractivity contribution in [3.05, 3.63) is 52.9 Å². The highest BCUT2D eigenvalue weighted by Crippen LogP contribution is 2.30. The zero-order valence-corrected chi connectivity index (χ0v) is 13.2. The van der Waals surface area contributed by atoms with E-state index < -0.39 is 33.6 Å². The predicted octanol–water partition coefficient (Wildman–Crippen LogP) is 3.18. The molecule has 0 bridgehead atoms. The Balaban J connectivity index is 2.13. The molecule has 1 unspecified atom stereocenters. The van der Waals surface area contributed by atoms with E-state index in [9.17, 15) is 21.6 Å². The summed E-state index contributed by atoms with van der Waals surface area (Å²) in [4.78, 5) is 0. The minimum Gasteiger partial charge on any atom is -0.360 e. The van der Waals surface area contributed by atoms with Gasteiger partial charge in [0, 0.05) is 12.1 Å². The molecule has 0 radical (unpaired) electrons. The maximum Gasteiger partial charge on any atom is 0.416 e. The lowest BCUT2D eigenvalue weighted by Gasteiger charge is -2.16. The van der Waals surface area contributed by atoms with Crippen molar-refractivity contribution in [2.24, 2.45) is 0 Å². The van der Waals surface area contributed by atoms with E-state index in [1.807, 2.05) is 0 Å². The van der Waals surface area contributed by atoms with E-state index in [4.69, 9.17) is 4.52 Å². The van der Waals surface area contributed by atoms with Gasteiger partial charge in [-0.05, 0) is 31.5 Å². The van der Waals surface area contributed by atoms with Gasteiger partial charge >= 0.3 is 6.18 Å². The van der Waals surface area contributed by atoms with E-state index in [0.717, 1.165) is 12.1 Å². The maximum atomic E-state index is 12.7. The highest BCUT2D eigenvalue weighted by molar-refractivity contribution is 7.88. The van der Waals surface area contributed by atoms with Gasteiger partial charge in [-0.2, -0.15) is 13.2 Å². The van der Waals surface area contributed by atoms with Crippen LogP contribution < -0.4 is 4.72 Å². The molecule has 9 heteroatoms. The first-order valence-electron chi connectivity index (χ1n) is 6.66. The predicted molar refractivity (Wildman–Crippen MR) is 76.9 cm³/mol. The zero-order valence-electron chi connectivity index (χ0n) is 12.4. The van der Waals surface area contributed by atoms with Gasteiger partial charge in [0.25, 0.3) is 0 Å². The van der Waals surface area contributed by atoms with Crippen LogP contribution in [0.3, 0.4) is 0 Å². The number of nitrogens with zero attached hydrogens (tertiary/aromatic N) is 1. The SMILES string of the molecule is Cc1cc(CS(=O)(=O)NC(C)c2cccc(C(F)(F)F)c2)on1. The van der Waals surface area contributed by atoms with Crippen molar-refractivity contribution in [3.8, 4) is 0 Å². The number of sulfonamides is 1. The molecule has 0 saturated heterocycles. The average Bonchev–Trinajstić information content (AvgIpc) is 2.81. The molecule has 23 heavy (non-hydrogen) atoms. The third-order valence-corrected chi connectivity index (χ3v) is 4.46. The summed E-state index contributed by atoms with van der Waals surface area (Å²) >= 11 is 0. The van der Waals surface area contributed by atoms with Crippen LogP contribution in [0.2, 0.25) is 0 Å². The molecule has 2 rings (SSSR count). The van der Waals surface area contributed by atoms with E-state index in [0.29, 0.717) is 5.69 Å². The van der Waals surface area contributed by atoms with Crippen LogP contribution in [0.4, 0.5) is 13.2 Å². The summed E-state index contributed by atoms with van der Waals surface area (Å²) in [6.07, 6.45) is -4.48. The Labute approximate surface area is 131 Å². The van der Waals surface area contributed by atoms with Crippen LogP contribution in [0.25, 0.3) is 0 Å². The molecule has 0 aliphatic carbocycles. The first-order chi connectivity index (χ1) is 10.6. The number of aromatic nitrogens is 1. The number of benzene rings is 1. The van der Waals surface area contributed by atoms with Gasteiger partial charge < -0.3 is 4.52 Å². The third-order valence-electron chi connectivity index (χ3n) is 3.08. The van der Waals surface area contributed by atoms with E-state index in [-0.39, 0.29) is 11.3 Å². The van der Waals surface area contributed by atoms with Crippen LogP contribution in [0.5, 0.6) is 0 Å². The van der Waals surface area contributed by atoms with Crippen LogP contribution in [-0.4, -0.2) is 13.6 Å². The average molecular weight is 348 g/mol. The third kappa shape index (κ3) is 4.80. The Kier molecular flexibility index (Phi) is 4.81. The first-order valence-corrected chi connectivity index (χ1v) is 8.31. The lowest BCUT2D eigenvalue weighted by Crippen LogP contribution is -2.28. The number of rotatable bonds is 5. The maximum absolute atomic E-state index is 12.7. The van der Waals surface area contributed by atoms with Crippen molar-refractivity contribution >= 4 is 10.0 Å². The molecular formula is C14H15F3N2O3S. The molecule has 0 aliphatic rings. The fourth-order valence-corrected chi connectivity index (χ4v) is 3.30. The van der Waals surface area contributed by atoms with Crippen LogP contribution in [0.1, 0.15) is 35.5 Å². The highest BCUT2D eigenvalue weighted by Gasteiger charge is 2.31. The number of nitrogens with one attached hydrogen (secondary N) is 1. The quantitative estimate of drug-likeness (QED) is 0.901. The molecule has 1 heterocycles. The molecule has 1 atom stereocenters. The molecule has 0 aliphatic heterocycles. The molecule has 126 valence electrons. The van der Waals surface area contributed by atoms with Crippen molar-refractivity contribution in [2.75, 3.05) is 0 Å². The van der Waals surface area contributed by atoms with Crippen LogP contribution in [0, 0.1) is 6.92 Å². The Bertz CT molecular complexity index is 785. The fourth-order valence-electron chi connectivity index (χ4n) is 2.03. The molecular weight excluding hydrogens is 333 g/mol. The minimum atomic E-state index is -4.48. The summed E-state index contributed by atoms with van der Waals surface area (Å²) in [5.74, 6) is -0.275. The monoisotopic (exact) mass is 348 g/mol. The molecule has 1 aromatic carbocycles. The number of alkyl halides is 3. The second-order valence-electron chi connectivity index (χ2n) is 5.16. The summed E-state index contributed by atoms with van der Waals surface area (Å²) in [5, 5.41) is 3.58. The van der Waals surface area contributed by atoms with Gasteiger partial charge in [-0.3, -0.25) is 0 Å². The molecule has 1 N–H and O–H groups in total. The minimum absolute atomic E-state index is 0.159. The Morgan fingerprint density at radius 2 is 2.00 bits per heavy atom. The number of hydrogen-bond donors (Lipinski definition) is 1. The van der Waals surface area contributed by atoms with Gasteiger partial charge in [0.05, 0.1) is 11.3 Å². The molecule has 0 fully saturated rings. The second kappa shape index (κ2) is 6.32. The van der Waals surface area contributed by atoms with E-state index in [1.54, 1.807) is 6.92 Å². The number of halogens is 3. The lowest BCUT2D eigenvalue weighted by atomic mass is 10.1. The van der Waals surface area contributed by atoms with Crippen LogP contribution in [-0.2, 0) is 22.0 Å². The van der Waals surface area contributed by atoms with Crippen molar-refractivity contribution in [1.82, 2.24) is 9.88 Å². The fraction of sp³-hybridized carbons (Fsp3) is 0.357. The van der Waals surface area contributed by atoms with Crippen molar-refractivity contribution in [1.29, 1.82) is 0 Å². The van der Waals surface area contributed by atoms with Crippen molar-refractivity contribution in [3.63, 3.8) is 0 Å². The van der Waals surface area contributed by atoms with E-state index in [1.165, 1.54) is 25.1 Å². The second-order valence-corrected chi connectivity index (χ2v) is 6.91. The smallest absolute Gasteiger partial charge is 0.360 e. The van der Waals surface area contributed by atoms with Gasteiger partial charge in [-0.25, -0.2) is 13.1 Å². The lowest BCUT2D eigenvalue weighted by molar-refractivity contribution is -0.137. The highest BCUT2D eigenvalue weighted by atomic mass is 32.2. The summed E-state index contributed by atoms with van der Waals surface area (Å²) in [6, 6.07) is 5.19. The van der Waals surface area contributed by atoms with Gasteiger partial charge in [-0.15, -0.1) is 0 Å². The summed E-state index contributed by atoms with van der Waals surface area (Å²) in [6.45, 7) is 3.12. The first kappa shape index (κ1) is 17.5. The number of hydrogen-bond acceptors (Lipinski definition) is 4. The zero-order chi connectivity index (χ0) is 17.3. The molecule has 0 amide bonds. The molecule has 2 aromatic rings. The van der Waals surface area contributed by atoms with Crippen LogP contribution >= 0.6 is 0 Å². The standard InChI is InChI=1S/C14H15F3N2O3S/c1-9-6-13(22-18-9)8-23(20,21)19-10(2)11-4-3-5-12(7-11)14(15,16)17/h3-7,10,19H,8H2,1-2H3. The van der Waals surface area contributed by atoms with Crippen LogP contribution in [0.15, 0.2) is 34.9 Å². The topological polar surface area (TPSA) is 72.2 Å². The normalized spacial score (nSPS) is 14.0. The Hall–Kier alpha value is -1.87. The van der Waals surface area contributed by atoms with Crippen molar-refractivity contribution in [2.45, 2.75) is 31.8 Å². The van der Waals surface area contributed by atoms with Gasteiger partial charge in [-0.1, -0.05) is 17.3 Å².